The second-order valence-electron chi connectivity index (χ2n) is 5.34. The molecule has 0 aromatic carbocycles. The van der Waals surface area contributed by atoms with Crippen LogP contribution >= 0.6 is 15.9 Å². The Morgan fingerprint density at radius 3 is 2.79 bits per heavy atom. The van der Waals surface area contributed by atoms with Crippen molar-refractivity contribution in [2.75, 3.05) is 6.26 Å². The highest BCUT2D eigenvalue weighted by Crippen LogP contribution is 2.35. The number of sulfone groups is 1. The second kappa shape index (κ2) is 5.89. The van der Waals surface area contributed by atoms with Gasteiger partial charge in [0.25, 0.3) is 0 Å². The van der Waals surface area contributed by atoms with Gasteiger partial charge in [-0.2, -0.15) is 0 Å². The summed E-state index contributed by atoms with van der Waals surface area (Å²) in [5.41, 5.74) is 7.25. The van der Waals surface area contributed by atoms with E-state index in [1.807, 2.05) is 6.07 Å². The lowest BCUT2D eigenvalue weighted by Gasteiger charge is -2.32. The van der Waals surface area contributed by atoms with E-state index in [2.05, 4.69) is 20.9 Å². The molecule has 1 aromatic rings. The van der Waals surface area contributed by atoms with Crippen molar-refractivity contribution in [3.05, 3.63) is 28.5 Å². The zero-order chi connectivity index (χ0) is 14.0. The molecule has 1 saturated carbocycles. The Kier molecular flexibility index (Phi) is 4.63. The van der Waals surface area contributed by atoms with E-state index in [0.717, 1.165) is 29.3 Å². The molecular weight excluding hydrogens is 328 g/mol. The molecule has 1 aliphatic rings. The van der Waals surface area contributed by atoms with Gasteiger partial charge < -0.3 is 5.73 Å². The van der Waals surface area contributed by atoms with Gasteiger partial charge in [0.1, 0.15) is 9.84 Å². The molecule has 1 fully saturated rings. The number of pyridine rings is 1. The molecule has 1 aliphatic carbocycles. The lowest BCUT2D eigenvalue weighted by Crippen LogP contribution is -2.33. The summed E-state index contributed by atoms with van der Waals surface area (Å²) >= 11 is 3.38. The number of aromatic nitrogens is 1. The zero-order valence-electron chi connectivity index (χ0n) is 10.9. The molecule has 19 heavy (non-hydrogen) atoms. The molecule has 0 saturated heterocycles. The third-order valence-electron chi connectivity index (χ3n) is 3.89. The number of halogens is 1. The first kappa shape index (κ1) is 14.9. The summed E-state index contributed by atoms with van der Waals surface area (Å²) in [4.78, 5) is 4.12. The van der Waals surface area contributed by atoms with Gasteiger partial charge in [0.15, 0.2) is 0 Å². The molecule has 2 N–H and O–H groups in total. The summed E-state index contributed by atoms with van der Waals surface area (Å²) in [6.45, 7) is 0. The summed E-state index contributed by atoms with van der Waals surface area (Å²) in [5.74, 6) is 0.213. The lowest BCUT2D eigenvalue weighted by atomic mass is 9.81. The Labute approximate surface area is 122 Å². The van der Waals surface area contributed by atoms with Crippen molar-refractivity contribution in [2.24, 2.45) is 11.7 Å². The zero-order valence-corrected chi connectivity index (χ0v) is 13.3. The number of nitrogens with zero attached hydrogens (tertiary/aromatic N) is 1. The second-order valence-corrected chi connectivity index (χ2v) is 8.58. The summed E-state index contributed by atoms with van der Waals surface area (Å²) in [5, 5.41) is -0.239. The first-order chi connectivity index (χ1) is 8.88. The van der Waals surface area contributed by atoms with Crippen LogP contribution < -0.4 is 5.73 Å². The van der Waals surface area contributed by atoms with E-state index in [0.29, 0.717) is 6.42 Å². The van der Waals surface area contributed by atoms with E-state index in [4.69, 9.17) is 5.73 Å². The van der Waals surface area contributed by atoms with Crippen LogP contribution in [-0.2, 0) is 9.84 Å². The van der Waals surface area contributed by atoms with Crippen LogP contribution in [0, 0.1) is 5.92 Å². The Morgan fingerprint density at radius 2 is 2.16 bits per heavy atom. The van der Waals surface area contributed by atoms with Gasteiger partial charge in [0, 0.05) is 29.2 Å². The van der Waals surface area contributed by atoms with Gasteiger partial charge in [-0.15, -0.1) is 0 Å². The SMILES string of the molecule is CS(=O)(=O)C1CCCC(C(N)c2cncc(Br)c2)C1. The highest BCUT2D eigenvalue weighted by atomic mass is 79.9. The Balaban J connectivity index is 2.13. The van der Waals surface area contributed by atoms with Crippen molar-refractivity contribution in [2.45, 2.75) is 37.0 Å². The van der Waals surface area contributed by atoms with Gasteiger partial charge in [-0.25, -0.2) is 8.42 Å². The molecule has 0 radical (unpaired) electrons. The first-order valence-electron chi connectivity index (χ1n) is 6.43. The van der Waals surface area contributed by atoms with E-state index in [9.17, 15) is 8.42 Å². The summed E-state index contributed by atoms with van der Waals surface area (Å²) in [6.07, 6.45) is 8.14. The molecule has 3 atom stereocenters. The minimum absolute atomic E-state index is 0.144. The largest absolute Gasteiger partial charge is 0.324 e. The standard InChI is InChI=1S/C13H19BrN2O2S/c1-19(17,18)12-4-2-3-9(6-12)13(15)10-5-11(14)8-16-7-10/h5,7-9,12-13H,2-4,6,15H2,1H3. The molecule has 0 aliphatic heterocycles. The Morgan fingerprint density at radius 1 is 1.42 bits per heavy atom. The molecule has 0 amide bonds. The minimum Gasteiger partial charge on any atom is -0.324 e. The van der Waals surface area contributed by atoms with Gasteiger partial charge in [-0.05, 0) is 52.7 Å². The van der Waals surface area contributed by atoms with Crippen LogP contribution in [0.3, 0.4) is 0 Å². The molecule has 0 bridgehead atoms. The number of rotatable bonds is 3. The lowest BCUT2D eigenvalue weighted by molar-refractivity contribution is 0.308. The topological polar surface area (TPSA) is 73.0 Å². The van der Waals surface area contributed by atoms with Gasteiger partial charge >= 0.3 is 0 Å². The van der Waals surface area contributed by atoms with Crippen molar-refractivity contribution < 1.29 is 8.42 Å². The van der Waals surface area contributed by atoms with Crippen LogP contribution in [0.4, 0.5) is 0 Å². The molecule has 2 rings (SSSR count). The van der Waals surface area contributed by atoms with Crippen LogP contribution in [0.5, 0.6) is 0 Å². The molecular formula is C13H19BrN2O2S. The van der Waals surface area contributed by atoms with Crippen LogP contribution in [-0.4, -0.2) is 24.9 Å². The first-order valence-corrected chi connectivity index (χ1v) is 9.17. The highest BCUT2D eigenvalue weighted by Gasteiger charge is 2.32. The average molecular weight is 347 g/mol. The van der Waals surface area contributed by atoms with E-state index in [1.54, 1.807) is 12.4 Å². The smallest absolute Gasteiger partial charge is 0.150 e. The fraction of sp³-hybridized carbons (Fsp3) is 0.615. The molecule has 106 valence electrons. The number of hydrogen-bond acceptors (Lipinski definition) is 4. The number of hydrogen-bond donors (Lipinski definition) is 1. The van der Waals surface area contributed by atoms with Gasteiger partial charge in [0.05, 0.1) is 5.25 Å². The minimum atomic E-state index is -2.96. The predicted molar refractivity (Wildman–Crippen MR) is 79.5 cm³/mol. The Bertz CT molecular complexity index is 547. The van der Waals surface area contributed by atoms with E-state index in [1.165, 1.54) is 6.26 Å². The predicted octanol–water partition coefficient (Wildman–Crippen LogP) is 2.45. The fourth-order valence-electron chi connectivity index (χ4n) is 2.78. The monoisotopic (exact) mass is 346 g/mol. The average Bonchev–Trinajstić information content (AvgIpc) is 2.37. The van der Waals surface area contributed by atoms with Crippen molar-refractivity contribution >= 4 is 25.8 Å². The van der Waals surface area contributed by atoms with E-state index < -0.39 is 9.84 Å². The Hall–Kier alpha value is -0.460. The van der Waals surface area contributed by atoms with Crippen LogP contribution in [0.25, 0.3) is 0 Å². The van der Waals surface area contributed by atoms with Crippen LogP contribution in [0.2, 0.25) is 0 Å². The van der Waals surface area contributed by atoms with E-state index in [-0.39, 0.29) is 17.2 Å². The molecule has 6 heteroatoms. The quantitative estimate of drug-likeness (QED) is 0.912. The molecule has 0 spiro atoms. The van der Waals surface area contributed by atoms with E-state index >= 15 is 0 Å². The maximum atomic E-state index is 11.7. The van der Waals surface area contributed by atoms with Crippen molar-refractivity contribution in [1.82, 2.24) is 4.98 Å². The number of nitrogens with two attached hydrogens (primary N) is 1. The van der Waals surface area contributed by atoms with Crippen LogP contribution in [0.1, 0.15) is 37.3 Å². The maximum absolute atomic E-state index is 11.7. The third-order valence-corrected chi connectivity index (χ3v) is 5.96. The fourth-order valence-corrected chi connectivity index (χ4v) is 4.35. The van der Waals surface area contributed by atoms with Crippen molar-refractivity contribution in [3.63, 3.8) is 0 Å². The van der Waals surface area contributed by atoms with Gasteiger partial charge in [0.2, 0.25) is 0 Å². The molecule has 1 aromatic heterocycles. The molecule has 4 nitrogen and oxygen atoms in total. The van der Waals surface area contributed by atoms with Crippen LogP contribution in [0.15, 0.2) is 22.9 Å². The summed E-state index contributed by atoms with van der Waals surface area (Å²) in [7, 11) is -2.96. The van der Waals surface area contributed by atoms with Gasteiger partial charge in [-0.3, -0.25) is 4.98 Å². The summed E-state index contributed by atoms with van der Waals surface area (Å²) in [6, 6.07) is 1.82. The van der Waals surface area contributed by atoms with Crippen molar-refractivity contribution in [1.29, 1.82) is 0 Å². The normalized spacial score (nSPS) is 26.1. The summed E-state index contributed by atoms with van der Waals surface area (Å²) < 4.78 is 24.3. The molecule has 3 unspecified atom stereocenters. The van der Waals surface area contributed by atoms with Crippen molar-refractivity contribution in [3.8, 4) is 0 Å². The maximum Gasteiger partial charge on any atom is 0.150 e. The highest BCUT2D eigenvalue weighted by molar-refractivity contribution is 9.10. The third kappa shape index (κ3) is 3.77. The van der Waals surface area contributed by atoms with Gasteiger partial charge in [-0.1, -0.05) is 6.42 Å². The molecule has 1 heterocycles.